The molecule has 1 aliphatic rings. The Hall–Kier alpha value is -2.11. The van der Waals surface area contributed by atoms with Crippen molar-refractivity contribution in [2.24, 2.45) is 0 Å². The van der Waals surface area contributed by atoms with Gasteiger partial charge in [-0.25, -0.2) is 26.5 Å². The number of aromatic nitrogens is 1. The van der Waals surface area contributed by atoms with Crippen molar-refractivity contribution >= 4 is 38.1 Å². The number of carbonyl (C=O) groups excluding carboxylic acids is 1. The zero-order valence-corrected chi connectivity index (χ0v) is 16.0. The minimum Gasteiger partial charge on any atom is -0.382 e. The topological polar surface area (TPSA) is 105 Å². The number of nitrogens with two attached hydrogens (primary N) is 1. The zero-order chi connectivity index (χ0) is 19.8. The third-order valence-corrected chi connectivity index (χ3v) is 6.50. The maximum absolute atomic E-state index is 13.9. The van der Waals surface area contributed by atoms with Crippen molar-refractivity contribution in [1.29, 1.82) is 0 Å². The SMILES string of the molecule is CS(=O)(=O)N1CCCC(Nc2nc(N)c(C(=O)c3c(F)cccc3F)s2)C1. The van der Waals surface area contributed by atoms with E-state index in [0.29, 0.717) is 18.1 Å². The number of anilines is 2. The summed E-state index contributed by atoms with van der Waals surface area (Å²) in [5.74, 6) is -2.96. The van der Waals surface area contributed by atoms with Gasteiger partial charge in [0, 0.05) is 19.1 Å². The molecule has 7 nitrogen and oxygen atoms in total. The normalized spacial score (nSPS) is 18.4. The maximum Gasteiger partial charge on any atom is 0.212 e. The zero-order valence-electron chi connectivity index (χ0n) is 14.4. The molecule has 27 heavy (non-hydrogen) atoms. The van der Waals surface area contributed by atoms with Gasteiger partial charge in [0.05, 0.1) is 11.8 Å². The monoisotopic (exact) mass is 416 g/mol. The van der Waals surface area contributed by atoms with Crippen LogP contribution in [-0.4, -0.2) is 48.9 Å². The van der Waals surface area contributed by atoms with E-state index in [9.17, 15) is 22.0 Å². The van der Waals surface area contributed by atoms with Crippen LogP contribution in [0.25, 0.3) is 0 Å². The summed E-state index contributed by atoms with van der Waals surface area (Å²) in [6.45, 7) is 0.719. The number of hydrogen-bond donors (Lipinski definition) is 2. The largest absolute Gasteiger partial charge is 0.382 e. The fourth-order valence-corrected chi connectivity index (χ4v) is 4.74. The van der Waals surface area contributed by atoms with E-state index in [1.807, 2.05) is 0 Å². The molecule has 0 aliphatic carbocycles. The Balaban J connectivity index is 1.80. The summed E-state index contributed by atoms with van der Waals surface area (Å²) in [6, 6.07) is 2.96. The lowest BCUT2D eigenvalue weighted by Gasteiger charge is -2.31. The molecule has 1 atom stereocenters. The second-order valence-corrected chi connectivity index (χ2v) is 9.25. The fraction of sp³-hybridized carbons (Fsp3) is 0.375. The van der Waals surface area contributed by atoms with Crippen molar-refractivity contribution in [3.05, 3.63) is 40.3 Å². The van der Waals surface area contributed by atoms with Gasteiger partial charge in [-0.15, -0.1) is 0 Å². The first-order chi connectivity index (χ1) is 12.7. The molecule has 0 saturated carbocycles. The molecule has 3 rings (SSSR count). The van der Waals surface area contributed by atoms with E-state index in [0.717, 1.165) is 36.1 Å². The lowest BCUT2D eigenvalue weighted by Crippen LogP contribution is -2.44. The van der Waals surface area contributed by atoms with E-state index < -0.39 is 33.0 Å². The number of rotatable bonds is 5. The molecule has 0 amide bonds. The highest BCUT2D eigenvalue weighted by atomic mass is 32.2. The van der Waals surface area contributed by atoms with Crippen molar-refractivity contribution in [3.8, 4) is 0 Å². The Morgan fingerprint density at radius 2 is 2.04 bits per heavy atom. The van der Waals surface area contributed by atoms with E-state index in [4.69, 9.17) is 5.73 Å². The summed E-state index contributed by atoms with van der Waals surface area (Å²) in [4.78, 5) is 16.5. The van der Waals surface area contributed by atoms with Gasteiger partial charge in [-0.05, 0) is 25.0 Å². The molecule has 2 heterocycles. The highest BCUT2D eigenvalue weighted by molar-refractivity contribution is 7.88. The van der Waals surface area contributed by atoms with Crippen molar-refractivity contribution in [2.45, 2.75) is 18.9 Å². The summed E-state index contributed by atoms with van der Waals surface area (Å²) in [7, 11) is -3.30. The van der Waals surface area contributed by atoms with Gasteiger partial charge in [0.1, 0.15) is 22.3 Å². The first-order valence-corrected chi connectivity index (χ1v) is 10.8. The number of carbonyl (C=O) groups is 1. The molecule has 1 fully saturated rings. The lowest BCUT2D eigenvalue weighted by molar-refractivity contribution is 0.103. The maximum atomic E-state index is 13.9. The second-order valence-electron chi connectivity index (χ2n) is 6.26. The summed E-state index contributed by atoms with van der Waals surface area (Å²) < 4.78 is 52.5. The lowest BCUT2D eigenvalue weighted by atomic mass is 10.1. The first kappa shape index (κ1) is 19.6. The highest BCUT2D eigenvalue weighted by Gasteiger charge is 2.28. The quantitative estimate of drug-likeness (QED) is 0.723. The van der Waals surface area contributed by atoms with Crippen LogP contribution < -0.4 is 11.1 Å². The summed E-state index contributed by atoms with van der Waals surface area (Å²) in [5, 5.41) is 3.36. The molecule has 1 unspecified atom stereocenters. The molecule has 146 valence electrons. The van der Waals surface area contributed by atoms with Gasteiger partial charge in [-0.1, -0.05) is 17.4 Å². The number of nitrogens with zero attached hydrogens (tertiary/aromatic N) is 2. The molecule has 1 aliphatic heterocycles. The third-order valence-electron chi connectivity index (χ3n) is 4.23. The van der Waals surface area contributed by atoms with Crippen molar-refractivity contribution in [2.75, 3.05) is 30.4 Å². The standard InChI is InChI=1S/C16H18F2N4O3S2/c1-27(24,25)22-7-3-4-9(8-22)20-16-21-15(19)14(26-16)13(23)12-10(17)5-2-6-11(12)18/h2,5-6,9H,3-4,7-8,19H2,1H3,(H,20,21). The van der Waals surface area contributed by atoms with Crippen LogP contribution in [0, 0.1) is 11.6 Å². The highest BCUT2D eigenvalue weighted by Crippen LogP contribution is 2.30. The minimum atomic E-state index is -3.30. The number of halogens is 2. The number of ketones is 1. The fourth-order valence-electron chi connectivity index (χ4n) is 2.92. The Bertz CT molecular complexity index is 958. The molecule has 1 aromatic carbocycles. The number of benzene rings is 1. The van der Waals surface area contributed by atoms with E-state index >= 15 is 0 Å². The van der Waals surface area contributed by atoms with Crippen LogP contribution >= 0.6 is 11.3 Å². The summed E-state index contributed by atoms with van der Waals surface area (Å²) in [6.07, 6.45) is 2.55. The summed E-state index contributed by atoms with van der Waals surface area (Å²) >= 11 is 0.884. The molecule has 1 saturated heterocycles. The molecule has 0 spiro atoms. The second kappa shape index (κ2) is 7.49. The molecule has 3 N–H and O–H groups in total. The first-order valence-electron chi connectivity index (χ1n) is 8.13. The number of thiazole rings is 1. The minimum absolute atomic E-state index is 0.0720. The Kier molecular flexibility index (Phi) is 5.45. The van der Waals surface area contributed by atoms with Gasteiger partial charge in [-0.2, -0.15) is 0 Å². The van der Waals surface area contributed by atoms with Gasteiger partial charge in [-0.3, -0.25) is 4.79 Å². The predicted molar refractivity (Wildman–Crippen MR) is 99.4 cm³/mol. The number of nitrogens with one attached hydrogen (secondary N) is 1. The molecular formula is C16H18F2N4O3S2. The van der Waals surface area contributed by atoms with Gasteiger partial charge >= 0.3 is 0 Å². The Morgan fingerprint density at radius 3 is 2.67 bits per heavy atom. The van der Waals surface area contributed by atoms with Gasteiger partial charge in [0.2, 0.25) is 15.8 Å². The van der Waals surface area contributed by atoms with Crippen LogP contribution in [0.2, 0.25) is 0 Å². The van der Waals surface area contributed by atoms with E-state index in [2.05, 4.69) is 10.3 Å². The van der Waals surface area contributed by atoms with Crippen LogP contribution in [0.15, 0.2) is 18.2 Å². The Labute approximate surface area is 159 Å². The van der Waals surface area contributed by atoms with Gasteiger partial charge < -0.3 is 11.1 Å². The third kappa shape index (κ3) is 4.25. The van der Waals surface area contributed by atoms with E-state index in [1.165, 1.54) is 10.4 Å². The average Bonchev–Trinajstić information content (AvgIpc) is 2.94. The number of piperidine rings is 1. The number of nitrogen functional groups attached to an aromatic ring is 1. The van der Waals surface area contributed by atoms with Crippen LogP contribution in [0.4, 0.5) is 19.7 Å². The van der Waals surface area contributed by atoms with Crippen LogP contribution in [0.5, 0.6) is 0 Å². The smallest absolute Gasteiger partial charge is 0.212 e. The molecule has 0 bridgehead atoms. The number of hydrogen-bond acceptors (Lipinski definition) is 7. The van der Waals surface area contributed by atoms with E-state index in [-0.39, 0.29) is 23.3 Å². The molecule has 11 heteroatoms. The Morgan fingerprint density at radius 1 is 1.37 bits per heavy atom. The van der Waals surface area contributed by atoms with Crippen LogP contribution in [0.3, 0.4) is 0 Å². The van der Waals surface area contributed by atoms with Crippen molar-refractivity contribution in [3.63, 3.8) is 0 Å². The summed E-state index contributed by atoms with van der Waals surface area (Å²) in [5.41, 5.74) is 5.09. The average molecular weight is 416 g/mol. The van der Waals surface area contributed by atoms with Crippen molar-refractivity contribution < 1.29 is 22.0 Å². The molecule has 2 aromatic rings. The van der Waals surface area contributed by atoms with Crippen LogP contribution in [-0.2, 0) is 10.0 Å². The van der Waals surface area contributed by atoms with Gasteiger partial charge in [0.15, 0.2) is 5.13 Å². The van der Waals surface area contributed by atoms with E-state index in [1.54, 1.807) is 0 Å². The molecule has 0 radical (unpaired) electrons. The van der Waals surface area contributed by atoms with Crippen molar-refractivity contribution in [1.82, 2.24) is 9.29 Å². The molecule has 1 aromatic heterocycles. The predicted octanol–water partition coefficient (Wildman–Crippen LogP) is 2.07. The van der Waals surface area contributed by atoms with Crippen LogP contribution in [0.1, 0.15) is 28.1 Å². The molecular weight excluding hydrogens is 398 g/mol. The number of sulfonamides is 1. The van der Waals surface area contributed by atoms with Gasteiger partial charge in [0.25, 0.3) is 0 Å².